The van der Waals surface area contributed by atoms with Gasteiger partial charge in [0.15, 0.2) is 0 Å². The molecule has 0 aromatic carbocycles. The van der Waals surface area contributed by atoms with E-state index in [1.165, 1.54) is 30.9 Å². The third-order valence-corrected chi connectivity index (χ3v) is 4.02. The Hall–Kier alpha value is -1.57. The van der Waals surface area contributed by atoms with Crippen molar-refractivity contribution in [3.8, 4) is 0 Å². The maximum Gasteiger partial charge on any atom is 0.331 e. The quantitative estimate of drug-likeness (QED) is 0.558. The molecule has 0 spiro atoms. The average molecular weight is 272 g/mol. The second-order valence-corrected chi connectivity index (χ2v) is 6.29. The number of hydrogen-bond acceptors (Lipinski definition) is 2. The van der Waals surface area contributed by atoms with Gasteiger partial charge in [-0.3, -0.25) is 0 Å². The van der Waals surface area contributed by atoms with E-state index in [1.807, 2.05) is 12.2 Å². The van der Waals surface area contributed by atoms with Gasteiger partial charge in [-0.05, 0) is 43.3 Å². The van der Waals surface area contributed by atoms with Gasteiger partial charge in [0, 0.05) is 12.5 Å². The van der Waals surface area contributed by atoms with Gasteiger partial charge in [0.2, 0.25) is 0 Å². The van der Waals surface area contributed by atoms with Crippen molar-refractivity contribution >= 4 is 5.97 Å². The lowest BCUT2D eigenvalue weighted by Crippen LogP contribution is -2.18. The molecule has 0 saturated carbocycles. The van der Waals surface area contributed by atoms with Crippen molar-refractivity contribution < 1.29 is 9.53 Å². The molecule has 2 rings (SSSR count). The lowest BCUT2D eigenvalue weighted by Gasteiger charge is -2.30. The molecular formula is C18H24O2. The summed E-state index contributed by atoms with van der Waals surface area (Å²) in [6.07, 6.45) is 16.4. The lowest BCUT2D eigenvalue weighted by atomic mass is 9.75. The van der Waals surface area contributed by atoms with Gasteiger partial charge in [-0.1, -0.05) is 43.7 Å². The number of cyclic esters (lactones) is 1. The monoisotopic (exact) mass is 272 g/mol. The van der Waals surface area contributed by atoms with E-state index in [-0.39, 0.29) is 17.5 Å². The number of hydrogen-bond donors (Lipinski definition) is 0. The number of ether oxygens (including phenoxy) is 1. The molecule has 2 nitrogen and oxygen atoms in total. The Labute approximate surface area is 121 Å². The van der Waals surface area contributed by atoms with Crippen molar-refractivity contribution in [2.75, 3.05) is 0 Å². The summed E-state index contributed by atoms with van der Waals surface area (Å²) in [4.78, 5) is 11.2. The highest BCUT2D eigenvalue weighted by Gasteiger charge is 2.23. The molecule has 0 N–H and O–H groups in total. The highest BCUT2D eigenvalue weighted by atomic mass is 16.5. The van der Waals surface area contributed by atoms with Crippen LogP contribution in [0.15, 0.2) is 47.6 Å². The number of carbonyl (C=O) groups is 1. The SMILES string of the molecule is CC(C=CC1=CCCCC1(C)C)=CC1CC=CC(=O)O1. The third kappa shape index (κ3) is 3.96. The third-order valence-electron chi connectivity index (χ3n) is 4.02. The Morgan fingerprint density at radius 2 is 2.25 bits per heavy atom. The molecule has 1 heterocycles. The van der Waals surface area contributed by atoms with E-state index in [4.69, 9.17) is 4.74 Å². The molecule has 2 heteroatoms. The molecule has 0 saturated heterocycles. The number of carbonyl (C=O) groups excluding carboxylic acids is 1. The molecule has 0 aromatic heterocycles. The van der Waals surface area contributed by atoms with Crippen LogP contribution in [-0.4, -0.2) is 12.1 Å². The van der Waals surface area contributed by atoms with Crippen LogP contribution in [-0.2, 0) is 9.53 Å². The van der Waals surface area contributed by atoms with Gasteiger partial charge >= 0.3 is 5.97 Å². The fourth-order valence-electron chi connectivity index (χ4n) is 2.72. The van der Waals surface area contributed by atoms with Crippen LogP contribution in [0.4, 0.5) is 0 Å². The van der Waals surface area contributed by atoms with E-state index < -0.39 is 0 Å². The second-order valence-electron chi connectivity index (χ2n) is 6.29. The van der Waals surface area contributed by atoms with Crippen molar-refractivity contribution in [3.63, 3.8) is 0 Å². The van der Waals surface area contributed by atoms with E-state index in [0.717, 1.165) is 12.0 Å². The Kier molecular flexibility index (Phi) is 4.64. The number of rotatable bonds is 3. The summed E-state index contributed by atoms with van der Waals surface area (Å²) in [6, 6.07) is 0. The van der Waals surface area contributed by atoms with Crippen molar-refractivity contribution in [1.82, 2.24) is 0 Å². The number of allylic oxidation sites excluding steroid dienone is 5. The van der Waals surface area contributed by atoms with E-state index in [0.29, 0.717) is 0 Å². The van der Waals surface area contributed by atoms with Gasteiger partial charge in [-0.25, -0.2) is 4.79 Å². The molecule has 1 aliphatic carbocycles. The summed E-state index contributed by atoms with van der Waals surface area (Å²) in [5.74, 6) is -0.245. The Morgan fingerprint density at radius 3 is 2.95 bits per heavy atom. The molecule has 2 aliphatic rings. The predicted molar refractivity (Wildman–Crippen MR) is 82.2 cm³/mol. The first-order chi connectivity index (χ1) is 9.47. The summed E-state index contributed by atoms with van der Waals surface area (Å²) >= 11 is 0. The minimum absolute atomic E-state index is 0.120. The molecule has 1 aliphatic heterocycles. The van der Waals surface area contributed by atoms with Crippen LogP contribution in [0.2, 0.25) is 0 Å². The maximum absolute atomic E-state index is 11.2. The highest BCUT2D eigenvalue weighted by Crippen LogP contribution is 2.37. The molecule has 0 aromatic rings. The van der Waals surface area contributed by atoms with Gasteiger partial charge in [0.05, 0.1) is 0 Å². The second kappa shape index (κ2) is 6.25. The van der Waals surface area contributed by atoms with Crippen LogP contribution in [0.25, 0.3) is 0 Å². The highest BCUT2D eigenvalue weighted by molar-refractivity contribution is 5.82. The van der Waals surface area contributed by atoms with E-state index in [9.17, 15) is 4.79 Å². The van der Waals surface area contributed by atoms with Crippen molar-refractivity contribution in [2.45, 2.75) is 52.6 Å². The van der Waals surface area contributed by atoms with Gasteiger partial charge in [-0.2, -0.15) is 0 Å². The largest absolute Gasteiger partial charge is 0.455 e. The molecule has 108 valence electrons. The van der Waals surface area contributed by atoms with Gasteiger partial charge < -0.3 is 4.74 Å². The minimum Gasteiger partial charge on any atom is -0.455 e. The van der Waals surface area contributed by atoms with E-state index in [2.05, 4.69) is 39.0 Å². The molecule has 20 heavy (non-hydrogen) atoms. The first-order valence-electron chi connectivity index (χ1n) is 7.42. The van der Waals surface area contributed by atoms with Crippen molar-refractivity contribution in [1.29, 1.82) is 0 Å². The zero-order chi connectivity index (χ0) is 14.6. The molecule has 0 amide bonds. The zero-order valence-corrected chi connectivity index (χ0v) is 12.7. The summed E-state index contributed by atoms with van der Waals surface area (Å²) < 4.78 is 5.24. The number of esters is 1. The molecule has 0 fully saturated rings. The first-order valence-corrected chi connectivity index (χ1v) is 7.42. The molecule has 0 bridgehead atoms. The fraction of sp³-hybridized carbons (Fsp3) is 0.500. The van der Waals surface area contributed by atoms with Gasteiger partial charge in [0.25, 0.3) is 0 Å². The van der Waals surface area contributed by atoms with E-state index >= 15 is 0 Å². The lowest BCUT2D eigenvalue weighted by molar-refractivity contribution is -0.141. The minimum atomic E-state index is -0.245. The first kappa shape index (κ1) is 14.8. The summed E-state index contributed by atoms with van der Waals surface area (Å²) in [7, 11) is 0. The maximum atomic E-state index is 11.2. The van der Waals surface area contributed by atoms with Gasteiger partial charge in [0.1, 0.15) is 6.10 Å². The van der Waals surface area contributed by atoms with Crippen molar-refractivity contribution in [3.05, 3.63) is 47.6 Å². The standard InChI is InChI=1S/C18H24O2/c1-14(13-16-8-6-9-17(19)20-16)10-11-15-7-4-5-12-18(15,2)3/h6-7,9-11,13,16H,4-5,8,12H2,1-3H3. The summed E-state index contributed by atoms with van der Waals surface area (Å²) in [5, 5.41) is 0. The van der Waals surface area contributed by atoms with Crippen molar-refractivity contribution in [2.24, 2.45) is 5.41 Å². The molecule has 1 atom stereocenters. The predicted octanol–water partition coefficient (Wildman–Crippen LogP) is 4.50. The van der Waals surface area contributed by atoms with Crippen LogP contribution in [0.1, 0.15) is 46.5 Å². The molecule has 1 unspecified atom stereocenters. The normalized spacial score (nSPS) is 26.6. The Balaban J connectivity index is 2.02. The zero-order valence-electron chi connectivity index (χ0n) is 12.7. The topological polar surface area (TPSA) is 26.3 Å². The van der Waals surface area contributed by atoms with Crippen LogP contribution >= 0.6 is 0 Å². The fourth-order valence-corrected chi connectivity index (χ4v) is 2.72. The molecular weight excluding hydrogens is 248 g/mol. The Bertz CT molecular complexity index is 490. The summed E-state index contributed by atoms with van der Waals surface area (Å²) in [5.41, 5.74) is 2.83. The Morgan fingerprint density at radius 1 is 1.45 bits per heavy atom. The van der Waals surface area contributed by atoms with Crippen LogP contribution in [0, 0.1) is 5.41 Å². The van der Waals surface area contributed by atoms with E-state index in [1.54, 1.807) is 0 Å². The van der Waals surface area contributed by atoms with Crippen LogP contribution in [0.3, 0.4) is 0 Å². The summed E-state index contributed by atoms with van der Waals surface area (Å²) in [6.45, 7) is 6.66. The van der Waals surface area contributed by atoms with Gasteiger partial charge in [-0.15, -0.1) is 0 Å². The molecule has 0 radical (unpaired) electrons. The van der Waals surface area contributed by atoms with Crippen LogP contribution in [0.5, 0.6) is 0 Å². The smallest absolute Gasteiger partial charge is 0.331 e. The van der Waals surface area contributed by atoms with Crippen LogP contribution < -0.4 is 0 Å². The average Bonchev–Trinajstić information content (AvgIpc) is 2.37.